The molecule has 102 valence electrons. The summed E-state index contributed by atoms with van der Waals surface area (Å²) in [6, 6.07) is 6.34. The number of esters is 1. The maximum Gasteiger partial charge on any atom is 0.310 e. The van der Waals surface area contributed by atoms with Crippen LogP contribution >= 0.6 is 0 Å². The van der Waals surface area contributed by atoms with E-state index in [2.05, 4.69) is 0 Å². The lowest BCUT2D eigenvalue weighted by atomic mass is 9.97. The molecule has 0 aromatic heterocycles. The van der Waals surface area contributed by atoms with Crippen molar-refractivity contribution in [1.82, 2.24) is 4.90 Å². The van der Waals surface area contributed by atoms with Crippen molar-refractivity contribution in [2.75, 3.05) is 13.7 Å². The molecule has 0 N–H and O–H groups in total. The molecule has 0 radical (unpaired) electrons. The molecule has 5 heteroatoms. The molecule has 1 atom stereocenters. The molecule has 1 aliphatic rings. The van der Waals surface area contributed by atoms with Gasteiger partial charge in [-0.3, -0.25) is 9.59 Å². The third kappa shape index (κ3) is 3.10. The third-order valence-electron chi connectivity index (χ3n) is 3.35. The van der Waals surface area contributed by atoms with Crippen molar-refractivity contribution < 1.29 is 18.7 Å². The fourth-order valence-electron chi connectivity index (χ4n) is 2.26. The highest BCUT2D eigenvalue weighted by Crippen LogP contribution is 2.21. The van der Waals surface area contributed by atoms with Gasteiger partial charge >= 0.3 is 5.97 Å². The molecular weight excluding hydrogens is 249 g/mol. The number of carbonyl (C=O) groups excluding carboxylic acids is 2. The number of hydrogen-bond donors (Lipinski definition) is 0. The Kier molecular flexibility index (Phi) is 4.14. The van der Waals surface area contributed by atoms with Gasteiger partial charge in [-0.25, -0.2) is 4.39 Å². The van der Waals surface area contributed by atoms with Crippen molar-refractivity contribution in [1.29, 1.82) is 0 Å². The standard InChI is InChI=1S/C14H16FNO3/c1-19-14(18)11-6-7-13(17)16(9-11)8-10-4-2-3-5-12(10)15/h2-5,11H,6-9H2,1H3/t11-/m1/s1. The molecule has 1 amide bonds. The summed E-state index contributed by atoms with van der Waals surface area (Å²) in [5, 5.41) is 0. The predicted molar refractivity (Wildman–Crippen MR) is 66.6 cm³/mol. The maximum atomic E-state index is 13.6. The number of amides is 1. The van der Waals surface area contributed by atoms with Crippen LogP contribution in [0.4, 0.5) is 4.39 Å². The smallest absolute Gasteiger partial charge is 0.310 e. The number of ether oxygens (including phenoxy) is 1. The van der Waals surface area contributed by atoms with Crippen LogP contribution in [0.2, 0.25) is 0 Å². The fourth-order valence-corrected chi connectivity index (χ4v) is 2.26. The van der Waals surface area contributed by atoms with E-state index >= 15 is 0 Å². The number of halogens is 1. The first-order valence-electron chi connectivity index (χ1n) is 6.21. The quantitative estimate of drug-likeness (QED) is 0.782. The Morgan fingerprint density at radius 1 is 1.47 bits per heavy atom. The lowest BCUT2D eigenvalue weighted by Gasteiger charge is -2.31. The van der Waals surface area contributed by atoms with Gasteiger partial charge in [-0.2, -0.15) is 0 Å². The first-order chi connectivity index (χ1) is 9.11. The highest BCUT2D eigenvalue weighted by atomic mass is 19.1. The number of carbonyl (C=O) groups is 2. The monoisotopic (exact) mass is 265 g/mol. The van der Waals surface area contributed by atoms with Crippen molar-refractivity contribution >= 4 is 11.9 Å². The molecule has 1 aromatic carbocycles. The molecule has 1 fully saturated rings. The summed E-state index contributed by atoms with van der Waals surface area (Å²) in [4.78, 5) is 24.8. The summed E-state index contributed by atoms with van der Waals surface area (Å²) in [5.74, 6) is -1.01. The van der Waals surface area contributed by atoms with Gasteiger partial charge in [-0.1, -0.05) is 18.2 Å². The number of rotatable bonds is 3. The Labute approximate surface area is 111 Å². The Bertz CT molecular complexity index is 489. The second kappa shape index (κ2) is 5.82. The van der Waals surface area contributed by atoms with Gasteiger partial charge in [-0.05, 0) is 12.5 Å². The van der Waals surface area contributed by atoms with E-state index in [1.165, 1.54) is 18.1 Å². The zero-order valence-corrected chi connectivity index (χ0v) is 10.8. The van der Waals surface area contributed by atoms with Crippen LogP contribution in [0.25, 0.3) is 0 Å². The van der Waals surface area contributed by atoms with Gasteiger partial charge in [0.15, 0.2) is 0 Å². The lowest BCUT2D eigenvalue weighted by molar-refractivity contribution is -0.150. The minimum absolute atomic E-state index is 0.0524. The maximum absolute atomic E-state index is 13.6. The van der Waals surface area contributed by atoms with E-state index in [0.29, 0.717) is 24.9 Å². The van der Waals surface area contributed by atoms with E-state index in [9.17, 15) is 14.0 Å². The molecule has 0 bridgehead atoms. The van der Waals surface area contributed by atoms with Crippen molar-refractivity contribution in [3.8, 4) is 0 Å². The molecule has 1 aromatic rings. The van der Waals surface area contributed by atoms with E-state index in [-0.39, 0.29) is 30.2 Å². The van der Waals surface area contributed by atoms with Crippen LogP contribution in [0.5, 0.6) is 0 Å². The van der Waals surface area contributed by atoms with Gasteiger partial charge in [0.25, 0.3) is 0 Å². The lowest BCUT2D eigenvalue weighted by Crippen LogP contribution is -2.42. The molecule has 1 aliphatic heterocycles. The molecule has 1 heterocycles. The summed E-state index contributed by atoms with van der Waals surface area (Å²) in [7, 11) is 1.33. The zero-order valence-electron chi connectivity index (χ0n) is 10.8. The first-order valence-corrected chi connectivity index (χ1v) is 6.21. The Morgan fingerprint density at radius 3 is 2.89 bits per heavy atom. The predicted octanol–water partition coefficient (Wildman–Crippen LogP) is 1.74. The van der Waals surface area contributed by atoms with Gasteiger partial charge in [-0.15, -0.1) is 0 Å². The van der Waals surface area contributed by atoms with Crippen LogP contribution in [0.1, 0.15) is 18.4 Å². The van der Waals surface area contributed by atoms with E-state index in [1.807, 2.05) is 0 Å². The molecule has 1 saturated heterocycles. The number of piperidine rings is 1. The second-order valence-electron chi connectivity index (χ2n) is 4.62. The minimum atomic E-state index is -0.338. The molecule has 2 rings (SSSR count). The number of nitrogens with zero attached hydrogens (tertiary/aromatic N) is 1. The largest absolute Gasteiger partial charge is 0.469 e. The average Bonchev–Trinajstić information content (AvgIpc) is 2.42. The van der Waals surface area contributed by atoms with Crippen molar-refractivity contribution in [3.05, 3.63) is 35.6 Å². The molecular formula is C14H16FNO3. The number of benzene rings is 1. The van der Waals surface area contributed by atoms with Crippen molar-refractivity contribution in [3.63, 3.8) is 0 Å². The van der Waals surface area contributed by atoms with Crippen LogP contribution in [0, 0.1) is 11.7 Å². The van der Waals surface area contributed by atoms with Gasteiger partial charge in [0.1, 0.15) is 5.82 Å². The van der Waals surface area contributed by atoms with E-state index in [1.54, 1.807) is 18.2 Å². The SMILES string of the molecule is COC(=O)[C@@H]1CCC(=O)N(Cc2ccccc2F)C1. The number of methoxy groups -OCH3 is 1. The number of hydrogen-bond acceptors (Lipinski definition) is 3. The highest BCUT2D eigenvalue weighted by Gasteiger charge is 2.31. The van der Waals surface area contributed by atoms with Crippen LogP contribution in [-0.2, 0) is 20.9 Å². The first kappa shape index (κ1) is 13.5. The molecule has 19 heavy (non-hydrogen) atoms. The van der Waals surface area contributed by atoms with E-state index in [0.717, 1.165) is 0 Å². The van der Waals surface area contributed by atoms with Gasteiger partial charge in [0.2, 0.25) is 5.91 Å². The molecule has 0 aliphatic carbocycles. The molecule has 0 unspecified atom stereocenters. The second-order valence-corrected chi connectivity index (χ2v) is 4.62. The van der Waals surface area contributed by atoms with Crippen molar-refractivity contribution in [2.45, 2.75) is 19.4 Å². The van der Waals surface area contributed by atoms with Crippen LogP contribution in [0.15, 0.2) is 24.3 Å². The highest BCUT2D eigenvalue weighted by molar-refractivity contribution is 5.81. The van der Waals surface area contributed by atoms with E-state index < -0.39 is 0 Å². The van der Waals surface area contributed by atoms with Crippen LogP contribution in [0.3, 0.4) is 0 Å². The molecule has 4 nitrogen and oxygen atoms in total. The van der Waals surface area contributed by atoms with Crippen LogP contribution in [-0.4, -0.2) is 30.4 Å². The normalized spacial score (nSPS) is 19.4. The Hall–Kier alpha value is -1.91. The summed E-state index contributed by atoms with van der Waals surface area (Å²) in [6.45, 7) is 0.485. The van der Waals surface area contributed by atoms with Crippen LogP contribution < -0.4 is 0 Å². The topological polar surface area (TPSA) is 46.6 Å². The Morgan fingerprint density at radius 2 is 2.21 bits per heavy atom. The molecule has 0 spiro atoms. The van der Waals surface area contributed by atoms with Crippen molar-refractivity contribution in [2.24, 2.45) is 5.92 Å². The summed E-state index contributed by atoms with van der Waals surface area (Å²) in [5.41, 5.74) is 0.460. The van der Waals surface area contributed by atoms with E-state index in [4.69, 9.17) is 4.74 Å². The summed E-state index contributed by atoms with van der Waals surface area (Å²) < 4.78 is 18.3. The third-order valence-corrected chi connectivity index (χ3v) is 3.35. The van der Waals surface area contributed by atoms with Gasteiger partial charge in [0.05, 0.1) is 13.0 Å². The minimum Gasteiger partial charge on any atom is -0.469 e. The fraction of sp³-hybridized carbons (Fsp3) is 0.429. The zero-order chi connectivity index (χ0) is 13.8. The van der Waals surface area contributed by atoms with Gasteiger partial charge < -0.3 is 9.64 Å². The average molecular weight is 265 g/mol. The summed E-state index contributed by atoms with van der Waals surface area (Å²) >= 11 is 0. The summed E-state index contributed by atoms with van der Waals surface area (Å²) in [6.07, 6.45) is 0.799. The number of likely N-dealkylation sites (tertiary alicyclic amines) is 1. The van der Waals surface area contributed by atoms with Gasteiger partial charge in [0, 0.05) is 25.1 Å². The Balaban J connectivity index is 2.08. The molecule has 0 saturated carbocycles.